The molecule has 17 heavy (non-hydrogen) atoms. The van der Waals surface area contributed by atoms with Crippen LogP contribution in [0.3, 0.4) is 0 Å². The zero-order valence-electron chi connectivity index (χ0n) is 10.2. The molecule has 0 bridgehead atoms. The largest absolute Gasteiger partial charge is 0.335 e. The van der Waals surface area contributed by atoms with Gasteiger partial charge in [0.15, 0.2) is 0 Å². The number of hydrogen-bond donors (Lipinski definition) is 0. The molecule has 1 aromatic rings. The summed E-state index contributed by atoms with van der Waals surface area (Å²) in [6.07, 6.45) is 0. The highest BCUT2D eigenvalue weighted by Gasteiger charge is 2.13. The van der Waals surface area contributed by atoms with Crippen LogP contribution in [0.1, 0.15) is 29.8 Å². The minimum atomic E-state index is -0.0278. The van der Waals surface area contributed by atoms with Gasteiger partial charge in [0, 0.05) is 18.7 Å². The minimum absolute atomic E-state index is 0.0278. The molecule has 0 aliphatic rings. The molecule has 1 rings (SSSR count). The van der Waals surface area contributed by atoms with Crippen LogP contribution in [0, 0.1) is 11.3 Å². The van der Waals surface area contributed by atoms with E-state index in [0.717, 1.165) is 5.57 Å². The van der Waals surface area contributed by atoms with Crippen LogP contribution >= 0.6 is 0 Å². The van der Waals surface area contributed by atoms with Gasteiger partial charge in [-0.05, 0) is 38.1 Å². The Kier molecular flexibility index (Phi) is 4.47. The Labute approximate surface area is 102 Å². The molecule has 3 heteroatoms. The van der Waals surface area contributed by atoms with Gasteiger partial charge in [0.1, 0.15) is 0 Å². The SMILES string of the molecule is C=C(C)CN(CC)C(=O)c1ccc(C#N)cc1. The molecule has 0 fully saturated rings. The van der Waals surface area contributed by atoms with E-state index in [1.807, 2.05) is 19.9 Å². The van der Waals surface area contributed by atoms with E-state index in [-0.39, 0.29) is 5.91 Å². The molecular formula is C14H16N2O. The molecule has 88 valence electrons. The van der Waals surface area contributed by atoms with Crippen LogP contribution in [-0.4, -0.2) is 23.9 Å². The van der Waals surface area contributed by atoms with Gasteiger partial charge in [-0.25, -0.2) is 0 Å². The summed E-state index contributed by atoms with van der Waals surface area (Å²) in [4.78, 5) is 13.8. The molecule has 0 N–H and O–H groups in total. The van der Waals surface area contributed by atoms with Crippen molar-refractivity contribution < 1.29 is 4.79 Å². The van der Waals surface area contributed by atoms with E-state index in [4.69, 9.17) is 5.26 Å². The molecule has 1 amide bonds. The average Bonchev–Trinajstić information content (AvgIpc) is 2.35. The number of nitrogens with zero attached hydrogens (tertiary/aromatic N) is 2. The second-order valence-corrected chi connectivity index (χ2v) is 3.97. The van der Waals surface area contributed by atoms with Gasteiger partial charge in [0.05, 0.1) is 11.6 Å². The Morgan fingerprint density at radius 1 is 1.41 bits per heavy atom. The third-order valence-electron chi connectivity index (χ3n) is 2.39. The lowest BCUT2D eigenvalue weighted by molar-refractivity contribution is 0.0778. The highest BCUT2D eigenvalue weighted by Crippen LogP contribution is 2.08. The predicted octanol–water partition coefficient (Wildman–Crippen LogP) is 2.60. The normalized spacial score (nSPS) is 9.47. The van der Waals surface area contributed by atoms with E-state index in [9.17, 15) is 4.79 Å². The maximum absolute atomic E-state index is 12.1. The van der Waals surface area contributed by atoms with Gasteiger partial charge in [-0.3, -0.25) is 4.79 Å². The van der Waals surface area contributed by atoms with Crippen molar-refractivity contribution in [3.63, 3.8) is 0 Å². The zero-order valence-corrected chi connectivity index (χ0v) is 10.2. The molecule has 0 saturated carbocycles. The van der Waals surface area contributed by atoms with Gasteiger partial charge in [0.2, 0.25) is 0 Å². The lowest BCUT2D eigenvalue weighted by Crippen LogP contribution is -2.32. The van der Waals surface area contributed by atoms with E-state index in [1.165, 1.54) is 0 Å². The lowest BCUT2D eigenvalue weighted by Gasteiger charge is -2.20. The Morgan fingerprint density at radius 2 is 2.00 bits per heavy atom. The second kappa shape index (κ2) is 5.86. The molecule has 0 aliphatic carbocycles. The van der Waals surface area contributed by atoms with Gasteiger partial charge in [0.25, 0.3) is 5.91 Å². The van der Waals surface area contributed by atoms with Crippen molar-refractivity contribution in [3.8, 4) is 6.07 Å². The Morgan fingerprint density at radius 3 is 2.41 bits per heavy atom. The minimum Gasteiger partial charge on any atom is -0.335 e. The van der Waals surface area contributed by atoms with E-state index < -0.39 is 0 Å². The predicted molar refractivity (Wildman–Crippen MR) is 67.5 cm³/mol. The maximum atomic E-state index is 12.1. The molecule has 0 radical (unpaired) electrons. The first-order chi connectivity index (χ1) is 8.08. The second-order valence-electron chi connectivity index (χ2n) is 3.97. The van der Waals surface area contributed by atoms with Crippen molar-refractivity contribution in [1.82, 2.24) is 4.90 Å². The fourth-order valence-electron chi connectivity index (χ4n) is 1.52. The monoisotopic (exact) mass is 228 g/mol. The molecule has 3 nitrogen and oxygen atoms in total. The van der Waals surface area contributed by atoms with Crippen molar-refractivity contribution in [3.05, 3.63) is 47.5 Å². The zero-order chi connectivity index (χ0) is 12.8. The first-order valence-corrected chi connectivity index (χ1v) is 5.52. The van der Waals surface area contributed by atoms with Gasteiger partial charge < -0.3 is 4.90 Å². The molecule has 0 unspecified atom stereocenters. The Bertz CT molecular complexity index is 454. The van der Waals surface area contributed by atoms with Crippen LogP contribution < -0.4 is 0 Å². The Balaban J connectivity index is 2.86. The summed E-state index contributed by atoms with van der Waals surface area (Å²) in [6, 6.07) is 8.70. The summed E-state index contributed by atoms with van der Waals surface area (Å²) in [5.41, 5.74) is 2.12. The molecular weight excluding hydrogens is 212 g/mol. The van der Waals surface area contributed by atoms with E-state index in [1.54, 1.807) is 29.2 Å². The number of carbonyl (C=O) groups excluding carboxylic acids is 1. The molecule has 0 aliphatic heterocycles. The highest BCUT2D eigenvalue weighted by molar-refractivity contribution is 5.94. The van der Waals surface area contributed by atoms with E-state index >= 15 is 0 Å². The third-order valence-corrected chi connectivity index (χ3v) is 2.39. The quantitative estimate of drug-likeness (QED) is 0.743. The molecule has 0 spiro atoms. The topological polar surface area (TPSA) is 44.1 Å². The maximum Gasteiger partial charge on any atom is 0.254 e. The third kappa shape index (κ3) is 3.46. The summed E-state index contributed by atoms with van der Waals surface area (Å²) in [7, 11) is 0. The molecule has 0 aromatic heterocycles. The Hall–Kier alpha value is -2.08. The van der Waals surface area contributed by atoms with Crippen LogP contribution in [0.5, 0.6) is 0 Å². The molecule has 0 atom stereocenters. The van der Waals surface area contributed by atoms with Crippen LogP contribution in [0.4, 0.5) is 0 Å². The summed E-state index contributed by atoms with van der Waals surface area (Å²) in [5, 5.41) is 8.68. The highest BCUT2D eigenvalue weighted by atomic mass is 16.2. The summed E-state index contributed by atoms with van der Waals surface area (Å²) < 4.78 is 0. The van der Waals surface area contributed by atoms with Crippen molar-refractivity contribution in [2.45, 2.75) is 13.8 Å². The average molecular weight is 228 g/mol. The first-order valence-electron chi connectivity index (χ1n) is 5.52. The molecule has 1 aromatic carbocycles. The van der Waals surface area contributed by atoms with Gasteiger partial charge in [-0.1, -0.05) is 12.2 Å². The van der Waals surface area contributed by atoms with E-state index in [2.05, 4.69) is 6.58 Å². The number of amides is 1. The van der Waals surface area contributed by atoms with Crippen LogP contribution in [0.2, 0.25) is 0 Å². The van der Waals surface area contributed by atoms with Gasteiger partial charge >= 0.3 is 0 Å². The smallest absolute Gasteiger partial charge is 0.254 e. The number of rotatable bonds is 4. The van der Waals surface area contributed by atoms with Crippen molar-refractivity contribution >= 4 is 5.91 Å². The number of likely N-dealkylation sites (N-methyl/N-ethyl adjacent to an activating group) is 1. The summed E-state index contributed by atoms with van der Waals surface area (Å²) in [5.74, 6) is -0.0278. The van der Waals surface area contributed by atoms with Gasteiger partial charge in [-0.2, -0.15) is 5.26 Å². The fourth-order valence-corrected chi connectivity index (χ4v) is 1.52. The lowest BCUT2D eigenvalue weighted by atomic mass is 10.1. The van der Waals surface area contributed by atoms with Crippen LogP contribution in [-0.2, 0) is 0 Å². The summed E-state index contributed by atoms with van der Waals surface area (Å²) in [6.45, 7) is 8.85. The van der Waals surface area contributed by atoms with E-state index in [0.29, 0.717) is 24.2 Å². The van der Waals surface area contributed by atoms with Crippen molar-refractivity contribution in [1.29, 1.82) is 5.26 Å². The number of hydrogen-bond acceptors (Lipinski definition) is 2. The number of carbonyl (C=O) groups is 1. The molecule has 0 heterocycles. The van der Waals surface area contributed by atoms with Crippen molar-refractivity contribution in [2.75, 3.05) is 13.1 Å². The first kappa shape index (κ1) is 13.0. The van der Waals surface area contributed by atoms with Crippen molar-refractivity contribution in [2.24, 2.45) is 0 Å². The van der Waals surface area contributed by atoms with Crippen LogP contribution in [0.25, 0.3) is 0 Å². The molecule has 0 saturated heterocycles. The summed E-state index contributed by atoms with van der Waals surface area (Å²) >= 11 is 0. The van der Waals surface area contributed by atoms with Gasteiger partial charge in [-0.15, -0.1) is 0 Å². The fraction of sp³-hybridized carbons (Fsp3) is 0.286. The number of benzene rings is 1. The van der Waals surface area contributed by atoms with Crippen LogP contribution in [0.15, 0.2) is 36.4 Å². The number of nitriles is 1. The standard InChI is InChI=1S/C14H16N2O/c1-4-16(10-11(2)3)14(17)13-7-5-12(9-15)6-8-13/h5-8H,2,4,10H2,1,3H3.